The molecule has 0 saturated carbocycles. The van der Waals surface area contributed by atoms with Crippen LogP contribution in [0, 0.1) is 28.1 Å². The number of guanidine groups is 3. The Morgan fingerprint density at radius 3 is 1.15 bits per heavy atom. The lowest BCUT2D eigenvalue weighted by Gasteiger charge is -2.29. The minimum Gasteiger partial charge on any atom is -0.508 e. The monoisotopic (exact) mass is 2070 g/mol. The number of nitrogens with one attached hydrogen (secondary N) is 20. The molecule has 6 rings (SSSR count). The van der Waals surface area contributed by atoms with Crippen LogP contribution >= 0.6 is 23.4 Å². The Morgan fingerprint density at radius 1 is 0.390 bits per heavy atom. The van der Waals surface area contributed by atoms with Crippen molar-refractivity contribution in [3.05, 3.63) is 173 Å². The van der Waals surface area contributed by atoms with E-state index in [4.69, 9.17) is 66.0 Å². The van der Waals surface area contributed by atoms with E-state index >= 15 is 52.7 Å². The number of carbonyl (C=O) groups is 17. The predicted molar refractivity (Wildman–Crippen MR) is 544 cm³/mol. The molecule has 0 aliphatic carbocycles. The third kappa shape index (κ3) is 46.9. The molecule has 0 spiro atoms. The second-order valence-electron chi connectivity index (χ2n) is 35.3. The number of unbranched alkanes of at least 4 members (excludes halogenated alkanes) is 3. The Bertz CT molecular complexity index is 5130. The zero-order valence-corrected chi connectivity index (χ0v) is 83.6. The highest BCUT2D eigenvalue weighted by Crippen LogP contribution is 2.22. The standard InChI is InChI=1S/C98H140ClN25O21S/c1-58(2)66-52-78(127)70(47-60-23-10-6-11-24-60)117-89(137)71(51-64-34-36-65(126)37-35-64)113-82(131)57-146-56-77(85(133)112-55-81(130)108-42-44-145-46-45-144-43-19-5-4-18-38-99)123-87(135)68(32-21-40-110-97(104)105)115-92(140)74(50-63-29-16-9-17-30-63)122-95(143)83(59(3)125)124-88(136)69(33-22-41-111-98(106)107)116-91(139)73(49-62-27-14-8-15-28-62)120-94(142)76(54-80(101)129)121-86(134)67(31-20-39-109-96(102)103)114-90(138)72(48-61-25-12-7-13-26-61)119-93(141)75(53-79(100)128)118-84(66)132/h6-17,23-30,34-37,58-59,66-77,83,125-126H,4-5,18-22,31-33,38-57H2,1-3H3,(H2,100,128)(H2,101,129)(H,108,130)(H,112,133)(H,113,131)(H,114,138)(H,115,140)(H,116,139)(H,117,137)(H,118,132)(H,119,141)(H,120,142)(H,121,134)(H,122,143)(H,123,135)(H,124,136)(H4,102,103,109)(H4,104,105,110)(H4,106,107,111)/t59-,66+,67+,68+,69+,70+,71-,72+,73+,74+,75+,76+,77+,83+/m1/s1. The third-order valence-electron chi connectivity index (χ3n) is 23.0. The molecule has 0 aromatic heterocycles. The van der Waals surface area contributed by atoms with E-state index in [1.165, 1.54) is 24.3 Å². The Hall–Kier alpha value is -14.6. The van der Waals surface area contributed by atoms with Crippen molar-refractivity contribution >= 4 is 142 Å². The number of aromatic hydroxyl groups is 1. The van der Waals surface area contributed by atoms with Crippen molar-refractivity contribution in [1.82, 2.24) is 90.4 Å². The van der Waals surface area contributed by atoms with E-state index in [0.29, 0.717) is 40.3 Å². The van der Waals surface area contributed by atoms with Crippen molar-refractivity contribution in [2.45, 2.75) is 215 Å². The van der Waals surface area contributed by atoms with E-state index in [2.05, 4.69) is 90.4 Å². The SMILES string of the molecule is CC(C)[C@@H]1CC(=O)[C@H](Cc2ccccc2)NC(=O)[C@@H](Cc2ccc(O)cc2)NC(=O)CSC[C@@H](C(=O)NCC(=O)NCCOCCOCCCCCCCl)NC(=O)[C@H](CCCNC(=N)N)NC(=O)[C@H](Cc2ccccc2)NC(=O)[C@H]([C@@H](C)O)NC(=O)[C@H](CCCNC(=N)N)NC(=O)[C@H](Cc2ccccc2)NC(=O)[C@H](CC(N)=O)NC(=O)[C@H](CCCNC(=N)N)NC(=O)[C@H](Cc2ccccc2)NC(=O)[C@H](CC(N)=O)NC1=O. The molecule has 5 aromatic rings. The zero-order valence-electron chi connectivity index (χ0n) is 82.1. The van der Waals surface area contributed by atoms with E-state index in [-0.39, 0.29) is 116 Å². The number of phenols is 1. The molecule has 0 bridgehead atoms. The molecule has 796 valence electrons. The molecule has 146 heavy (non-hydrogen) atoms. The molecule has 1 aliphatic heterocycles. The van der Waals surface area contributed by atoms with E-state index in [0.717, 1.165) is 44.4 Å². The number of hydrogen-bond acceptors (Lipinski definition) is 25. The highest BCUT2D eigenvalue weighted by Gasteiger charge is 2.41. The smallest absolute Gasteiger partial charge is 0.245 e. The fraction of sp³-hybridized carbons (Fsp3) is 0.490. The molecular weight excluding hydrogens is 1930 g/mol. The van der Waals surface area contributed by atoms with Crippen LogP contribution in [-0.4, -0.2) is 284 Å². The second-order valence-corrected chi connectivity index (χ2v) is 36.7. The van der Waals surface area contributed by atoms with Gasteiger partial charge in [-0.15, -0.1) is 23.4 Å². The molecule has 16 amide bonds. The molecule has 1 heterocycles. The van der Waals surface area contributed by atoms with Crippen molar-refractivity contribution in [3.63, 3.8) is 0 Å². The van der Waals surface area contributed by atoms with E-state index in [9.17, 15) is 39.0 Å². The van der Waals surface area contributed by atoms with Crippen LogP contribution in [0.2, 0.25) is 0 Å². The number of primary amides is 2. The summed E-state index contributed by atoms with van der Waals surface area (Å²) in [6.45, 7) is 4.33. The zero-order chi connectivity index (χ0) is 107. The number of aliphatic hydroxyl groups is 1. The van der Waals surface area contributed by atoms with Crippen LogP contribution in [0.4, 0.5) is 0 Å². The molecule has 0 unspecified atom stereocenters. The van der Waals surface area contributed by atoms with Gasteiger partial charge >= 0.3 is 0 Å². The topological polar surface area (TPSA) is 755 Å². The molecular formula is C98H140ClN25O21S. The lowest BCUT2D eigenvalue weighted by atomic mass is 9.86. The normalized spacial score (nSPS) is 21.4. The maximum Gasteiger partial charge on any atom is 0.245 e. The predicted octanol–water partition coefficient (Wildman–Crippen LogP) is -3.31. The summed E-state index contributed by atoms with van der Waals surface area (Å²) in [5.74, 6) is -22.3. The van der Waals surface area contributed by atoms with Gasteiger partial charge in [0.25, 0.3) is 0 Å². The summed E-state index contributed by atoms with van der Waals surface area (Å²) in [6, 6.07) is 16.9. The first-order chi connectivity index (χ1) is 69.7. The first-order valence-electron chi connectivity index (χ1n) is 48.2. The molecule has 0 radical (unpaired) electrons. The summed E-state index contributed by atoms with van der Waals surface area (Å²) in [4.78, 5) is 251. The van der Waals surface area contributed by atoms with Gasteiger partial charge < -0.3 is 139 Å². The quantitative estimate of drug-likeness (QED) is 0.00786. The van der Waals surface area contributed by atoms with Crippen molar-refractivity contribution < 1.29 is 101 Å². The summed E-state index contributed by atoms with van der Waals surface area (Å²) < 4.78 is 11.3. The Kier molecular flexibility index (Phi) is 54.0. The number of Topliss-reactive ketones (excluding diaryl/α,β-unsaturated/α-hetero) is 1. The highest BCUT2D eigenvalue weighted by atomic mass is 35.5. The fourth-order valence-electron chi connectivity index (χ4n) is 15.2. The molecule has 1 aliphatic rings. The van der Waals surface area contributed by atoms with Gasteiger partial charge in [0.1, 0.15) is 72.2 Å². The van der Waals surface area contributed by atoms with Crippen molar-refractivity contribution in [2.24, 2.45) is 40.5 Å². The highest BCUT2D eigenvalue weighted by molar-refractivity contribution is 8.00. The number of alkyl halides is 1. The Labute approximate surface area is 856 Å². The van der Waals surface area contributed by atoms with Gasteiger partial charge in [0.2, 0.25) is 94.5 Å². The number of ketones is 1. The van der Waals surface area contributed by atoms with Gasteiger partial charge in [-0.1, -0.05) is 160 Å². The van der Waals surface area contributed by atoms with Gasteiger partial charge in [-0.25, -0.2) is 0 Å². The largest absolute Gasteiger partial charge is 0.508 e. The van der Waals surface area contributed by atoms with Gasteiger partial charge in [0.15, 0.2) is 23.7 Å². The van der Waals surface area contributed by atoms with Crippen LogP contribution in [0.15, 0.2) is 146 Å². The van der Waals surface area contributed by atoms with Gasteiger partial charge in [-0.3, -0.25) is 97.7 Å². The summed E-state index contributed by atoms with van der Waals surface area (Å²) in [6.07, 6.45) is -3.60. The number of carbonyl (C=O) groups excluding carboxylic acids is 17. The molecule has 5 aromatic carbocycles. The summed E-state index contributed by atoms with van der Waals surface area (Å²) in [5, 5.41) is 89.4. The number of halogens is 1. The molecule has 46 nitrogen and oxygen atoms in total. The van der Waals surface area contributed by atoms with Gasteiger partial charge in [0, 0.05) is 82.4 Å². The first-order valence-corrected chi connectivity index (χ1v) is 49.9. The average molecular weight is 2070 g/mol. The molecule has 1 fully saturated rings. The summed E-state index contributed by atoms with van der Waals surface area (Å²) >= 11 is 6.53. The molecule has 14 atom stereocenters. The molecule has 32 N–H and O–H groups in total. The van der Waals surface area contributed by atoms with Crippen molar-refractivity contribution in [3.8, 4) is 5.75 Å². The lowest BCUT2D eigenvalue weighted by molar-refractivity contribution is -0.138. The minimum atomic E-state index is -2.02. The van der Waals surface area contributed by atoms with Crippen LogP contribution < -0.4 is 119 Å². The van der Waals surface area contributed by atoms with Gasteiger partial charge in [-0.2, -0.15) is 0 Å². The maximum absolute atomic E-state index is 15.3. The van der Waals surface area contributed by atoms with Crippen LogP contribution in [0.5, 0.6) is 5.75 Å². The van der Waals surface area contributed by atoms with E-state index in [1.807, 2.05) is 0 Å². The number of thioether (sulfide) groups is 1. The van der Waals surface area contributed by atoms with E-state index in [1.54, 1.807) is 135 Å². The number of nitrogens with two attached hydrogens (primary N) is 5. The van der Waals surface area contributed by atoms with E-state index < -0.39 is 252 Å². The lowest BCUT2D eigenvalue weighted by Crippen LogP contribution is -2.62. The van der Waals surface area contributed by atoms with Crippen LogP contribution in [0.25, 0.3) is 0 Å². The van der Waals surface area contributed by atoms with Crippen molar-refractivity contribution in [1.29, 1.82) is 16.2 Å². The van der Waals surface area contributed by atoms with Crippen molar-refractivity contribution in [2.75, 3.05) is 76.5 Å². The minimum absolute atomic E-state index is 0.0132. The Balaban J connectivity index is 1.50. The first kappa shape index (κ1) is 120. The van der Waals surface area contributed by atoms with Gasteiger partial charge in [-0.05, 0) is 111 Å². The summed E-state index contributed by atoms with van der Waals surface area (Å²) in [7, 11) is 0. The third-order valence-corrected chi connectivity index (χ3v) is 24.3. The van der Waals surface area contributed by atoms with Crippen LogP contribution in [0.1, 0.15) is 132 Å². The molecule has 48 heteroatoms. The van der Waals surface area contributed by atoms with Crippen LogP contribution in [-0.2, 0) is 123 Å². The number of aliphatic hydroxyl groups excluding tert-OH is 1. The fourth-order valence-corrected chi connectivity index (χ4v) is 16.3. The average Bonchev–Trinajstić information content (AvgIpc) is 0.840. The number of rotatable bonds is 43. The number of hydrogen-bond donors (Lipinski definition) is 27. The maximum atomic E-state index is 15.3. The summed E-state index contributed by atoms with van der Waals surface area (Å²) in [5.41, 5.74) is 30.5. The Morgan fingerprint density at radius 2 is 0.740 bits per heavy atom. The number of benzene rings is 5. The number of amides is 16. The second kappa shape index (κ2) is 65.6. The number of phenolic OH excluding ortho intramolecular Hbond substituents is 1. The molecule has 1 saturated heterocycles. The van der Waals surface area contributed by atoms with Gasteiger partial charge in [0.05, 0.1) is 57.1 Å². The number of ether oxygens (including phenoxy) is 2. The van der Waals surface area contributed by atoms with Crippen LogP contribution in [0.3, 0.4) is 0 Å².